The molecule has 0 saturated carbocycles. The van der Waals surface area contributed by atoms with Gasteiger partial charge in [-0.1, -0.05) is 113 Å². The number of para-hydroxylation sites is 2. The van der Waals surface area contributed by atoms with E-state index >= 15 is 0 Å². The highest BCUT2D eigenvalue weighted by atomic mass is 15.0. The summed E-state index contributed by atoms with van der Waals surface area (Å²) in [6.45, 7) is 11.5. The second kappa shape index (κ2) is 11.5. The van der Waals surface area contributed by atoms with Gasteiger partial charge in [-0.25, -0.2) is 0 Å². The smallest absolute Gasteiger partial charge is 0.0963 e. The van der Waals surface area contributed by atoms with E-state index in [-0.39, 0.29) is 10.8 Å². The van der Waals surface area contributed by atoms with Gasteiger partial charge >= 0.3 is 0 Å². The number of pyridine rings is 2. The Morgan fingerprint density at radius 1 is 0.431 bits per heavy atom. The molecular weight excluding hydrogens is 621 g/mol. The average molecular weight is 661 g/mol. The van der Waals surface area contributed by atoms with E-state index < -0.39 is 0 Å². The molecule has 248 valence electrons. The number of aryl methyl sites for hydroxylation is 1. The normalized spacial score (nSPS) is 12.4. The minimum atomic E-state index is -0.173. The molecule has 0 aliphatic rings. The van der Waals surface area contributed by atoms with Gasteiger partial charge in [0.25, 0.3) is 0 Å². The first-order valence-corrected chi connectivity index (χ1v) is 17.8. The standard InChI is InChI=1S/C47H40N4/c1-31-30-35(24-27-39(31)51-41-15-9-7-13-38(41)45-43(51)17-11-29-49-45)47(4,5)33-20-18-32(19-21-33)46(2,3)34-22-25-36(26-23-34)50-40-14-8-6-12-37(40)44-42(50)16-10-28-48-44/h6-30H,1-5H3. The van der Waals surface area contributed by atoms with Crippen molar-refractivity contribution >= 4 is 43.9 Å². The van der Waals surface area contributed by atoms with Crippen LogP contribution in [0.3, 0.4) is 0 Å². The van der Waals surface area contributed by atoms with E-state index in [0.717, 1.165) is 27.8 Å². The van der Waals surface area contributed by atoms with Crippen LogP contribution in [0.15, 0.2) is 152 Å². The first-order valence-electron chi connectivity index (χ1n) is 17.8. The Kier molecular flexibility index (Phi) is 7.01. The third-order valence-corrected chi connectivity index (χ3v) is 11.2. The lowest BCUT2D eigenvalue weighted by molar-refractivity contribution is 0.626. The van der Waals surface area contributed by atoms with E-state index in [1.165, 1.54) is 55.3 Å². The van der Waals surface area contributed by atoms with Crippen molar-refractivity contribution in [2.75, 3.05) is 0 Å². The molecule has 0 atom stereocenters. The fourth-order valence-corrected chi connectivity index (χ4v) is 8.06. The van der Waals surface area contributed by atoms with Gasteiger partial charge in [0.2, 0.25) is 0 Å². The van der Waals surface area contributed by atoms with Crippen LogP contribution in [0.2, 0.25) is 0 Å². The second-order valence-electron chi connectivity index (χ2n) is 14.8. The quantitative estimate of drug-likeness (QED) is 0.178. The molecule has 0 aliphatic heterocycles. The molecule has 5 aromatic carbocycles. The van der Waals surface area contributed by atoms with Gasteiger partial charge in [0, 0.05) is 45.4 Å². The number of nitrogens with zero attached hydrogens (tertiary/aromatic N) is 4. The van der Waals surface area contributed by atoms with Gasteiger partial charge in [0.1, 0.15) is 0 Å². The number of hydrogen-bond donors (Lipinski definition) is 0. The molecule has 51 heavy (non-hydrogen) atoms. The van der Waals surface area contributed by atoms with Crippen LogP contribution in [-0.4, -0.2) is 19.1 Å². The molecule has 0 unspecified atom stereocenters. The highest BCUT2D eigenvalue weighted by molar-refractivity contribution is 6.07. The van der Waals surface area contributed by atoms with E-state index in [1.807, 2.05) is 24.5 Å². The van der Waals surface area contributed by atoms with E-state index in [9.17, 15) is 0 Å². The van der Waals surface area contributed by atoms with Gasteiger partial charge in [0.05, 0.1) is 33.1 Å². The largest absolute Gasteiger partial charge is 0.308 e. The highest BCUT2D eigenvalue weighted by Crippen LogP contribution is 2.39. The minimum absolute atomic E-state index is 0.168. The summed E-state index contributed by atoms with van der Waals surface area (Å²) < 4.78 is 4.67. The summed E-state index contributed by atoms with van der Waals surface area (Å²) in [5, 5.41) is 2.35. The lowest BCUT2D eigenvalue weighted by Crippen LogP contribution is -2.22. The fourth-order valence-electron chi connectivity index (χ4n) is 8.06. The molecule has 0 saturated heterocycles. The zero-order valence-corrected chi connectivity index (χ0v) is 29.7. The Balaban J connectivity index is 1.01. The Morgan fingerprint density at radius 3 is 1.41 bits per heavy atom. The zero-order valence-electron chi connectivity index (χ0n) is 29.7. The van der Waals surface area contributed by atoms with E-state index in [2.05, 4.69) is 171 Å². The van der Waals surface area contributed by atoms with Crippen LogP contribution < -0.4 is 0 Å². The lowest BCUT2D eigenvalue weighted by atomic mass is 9.74. The molecule has 0 N–H and O–H groups in total. The molecule has 0 fully saturated rings. The second-order valence-corrected chi connectivity index (χ2v) is 14.8. The maximum absolute atomic E-state index is 4.74. The van der Waals surface area contributed by atoms with Crippen LogP contribution in [0.1, 0.15) is 55.5 Å². The van der Waals surface area contributed by atoms with E-state index in [1.54, 1.807) is 0 Å². The fraction of sp³-hybridized carbons (Fsp3) is 0.149. The summed E-state index contributed by atoms with van der Waals surface area (Å²) in [5.74, 6) is 0. The predicted molar refractivity (Wildman–Crippen MR) is 213 cm³/mol. The number of aromatic nitrogens is 4. The van der Waals surface area contributed by atoms with Crippen molar-refractivity contribution in [3.05, 3.63) is 180 Å². The Morgan fingerprint density at radius 2 is 0.863 bits per heavy atom. The van der Waals surface area contributed by atoms with Crippen molar-refractivity contribution in [3.8, 4) is 11.4 Å². The molecule has 0 bridgehead atoms. The van der Waals surface area contributed by atoms with Crippen LogP contribution in [0.25, 0.3) is 55.2 Å². The van der Waals surface area contributed by atoms with Crippen molar-refractivity contribution in [2.45, 2.75) is 45.4 Å². The summed E-state index contributed by atoms with van der Waals surface area (Å²) >= 11 is 0. The molecule has 0 spiro atoms. The molecule has 4 nitrogen and oxygen atoms in total. The van der Waals surface area contributed by atoms with Crippen molar-refractivity contribution in [3.63, 3.8) is 0 Å². The Labute approximate surface area is 298 Å². The first-order chi connectivity index (χ1) is 24.7. The monoisotopic (exact) mass is 660 g/mol. The summed E-state index contributed by atoms with van der Waals surface area (Å²) in [6, 6.07) is 50.7. The third kappa shape index (κ3) is 4.81. The molecular formula is C47H40N4. The molecule has 0 radical (unpaired) electrons. The van der Waals surface area contributed by atoms with Crippen molar-refractivity contribution < 1.29 is 0 Å². The molecule has 0 aliphatic carbocycles. The zero-order chi connectivity index (χ0) is 34.9. The van der Waals surface area contributed by atoms with Gasteiger partial charge in [0.15, 0.2) is 0 Å². The van der Waals surface area contributed by atoms with Crippen LogP contribution in [0.5, 0.6) is 0 Å². The van der Waals surface area contributed by atoms with Gasteiger partial charge in [-0.05, 0) is 89.3 Å². The average Bonchev–Trinajstić information content (AvgIpc) is 3.68. The van der Waals surface area contributed by atoms with Gasteiger partial charge in [-0.15, -0.1) is 0 Å². The van der Waals surface area contributed by atoms with Gasteiger partial charge in [-0.3, -0.25) is 9.97 Å². The van der Waals surface area contributed by atoms with Crippen LogP contribution >= 0.6 is 0 Å². The molecule has 0 amide bonds. The summed E-state index contributed by atoms with van der Waals surface area (Å²) in [6.07, 6.45) is 3.76. The highest BCUT2D eigenvalue weighted by Gasteiger charge is 2.27. The molecule has 4 heterocycles. The van der Waals surface area contributed by atoms with Crippen LogP contribution in [0, 0.1) is 6.92 Å². The SMILES string of the molecule is Cc1cc(C(C)(C)c2ccc(C(C)(C)c3ccc(-n4c5ccccc5c5ncccc54)cc3)cc2)ccc1-n1c2ccccc2c2ncccc21. The first kappa shape index (κ1) is 31.0. The van der Waals surface area contributed by atoms with Gasteiger partial charge in [-0.2, -0.15) is 0 Å². The molecule has 4 aromatic heterocycles. The Bertz CT molecular complexity index is 2640. The van der Waals surface area contributed by atoms with Crippen molar-refractivity contribution in [1.82, 2.24) is 19.1 Å². The van der Waals surface area contributed by atoms with Crippen molar-refractivity contribution in [1.29, 1.82) is 0 Å². The summed E-state index contributed by atoms with van der Waals surface area (Å²) in [5.41, 5.74) is 15.1. The van der Waals surface area contributed by atoms with Crippen LogP contribution in [-0.2, 0) is 10.8 Å². The molecule has 4 heteroatoms. The van der Waals surface area contributed by atoms with Crippen LogP contribution in [0.4, 0.5) is 0 Å². The van der Waals surface area contributed by atoms with E-state index in [0.29, 0.717) is 0 Å². The molecule has 9 rings (SSSR count). The lowest BCUT2D eigenvalue weighted by Gasteiger charge is -2.30. The maximum atomic E-state index is 4.74. The van der Waals surface area contributed by atoms with Gasteiger partial charge < -0.3 is 9.13 Å². The van der Waals surface area contributed by atoms with Crippen molar-refractivity contribution in [2.24, 2.45) is 0 Å². The topological polar surface area (TPSA) is 35.6 Å². The maximum Gasteiger partial charge on any atom is 0.0963 e. The summed E-state index contributed by atoms with van der Waals surface area (Å²) in [7, 11) is 0. The predicted octanol–water partition coefficient (Wildman–Crippen LogP) is 11.6. The Hall–Kier alpha value is -6.00. The van der Waals surface area contributed by atoms with E-state index in [4.69, 9.17) is 9.97 Å². The number of hydrogen-bond acceptors (Lipinski definition) is 2. The number of fused-ring (bicyclic) bond motifs is 6. The third-order valence-electron chi connectivity index (χ3n) is 11.2. The summed E-state index contributed by atoms with van der Waals surface area (Å²) in [4.78, 5) is 9.45. The number of benzene rings is 5. The molecule has 9 aromatic rings. The number of rotatable bonds is 6. The minimum Gasteiger partial charge on any atom is -0.308 e.